The Morgan fingerprint density at radius 2 is 1.70 bits per heavy atom. The van der Waals surface area contributed by atoms with E-state index in [1.165, 1.54) is 11.1 Å². The fraction of sp³-hybridized carbons (Fsp3) is 0.440. The number of carbonyl (C=O) groups is 1. The van der Waals surface area contributed by atoms with E-state index in [1.54, 1.807) is 0 Å². The Morgan fingerprint density at radius 1 is 0.967 bits per heavy atom. The average Bonchev–Trinajstić information content (AvgIpc) is 3.53. The van der Waals surface area contributed by atoms with E-state index < -0.39 is 0 Å². The molecule has 0 atom stereocenters. The van der Waals surface area contributed by atoms with Crippen molar-refractivity contribution in [3.63, 3.8) is 0 Å². The SMILES string of the molecule is O=C1C2(CCCC2)c2cnc3c(ccc4cc5c([c-]c43)OCO5)c2C12CCCC2.[Ir]. The molecule has 3 aromatic rings. The molecule has 155 valence electrons. The summed E-state index contributed by atoms with van der Waals surface area (Å²) in [7, 11) is 0. The first-order valence-electron chi connectivity index (χ1n) is 10.9. The van der Waals surface area contributed by atoms with Crippen LogP contribution in [0.5, 0.6) is 11.5 Å². The van der Waals surface area contributed by atoms with Crippen LogP contribution in [0.2, 0.25) is 0 Å². The molecule has 0 N–H and O–H groups in total. The van der Waals surface area contributed by atoms with Crippen LogP contribution in [-0.2, 0) is 35.7 Å². The van der Waals surface area contributed by atoms with E-state index in [0.717, 1.165) is 78.8 Å². The maximum absolute atomic E-state index is 14.0. The molecule has 2 saturated carbocycles. The summed E-state index contributed by atoms with van der Waals surface area (Å²) in [5.41, 5.74) is 2.88. The van der Waals surface area contributed by atoms with Gasteiger partial charge in [0.2, 0.25) is 6.79 Å². The number of aromatic nitrogens is 1. The summed E-state index contributed by atoms with van der Waals surface area (Å²) in [6.45, 7) is 0.239. The first-order chi connectivity index (χ1) is 14.2. The molecule has 0 amide bonds. The summed E-state index contributed by atoms with van der Waals surface area (Å²) in [6.07, 6.45) is 10.6. The second-order valence-electron chi connectivity index (χ2n) is 9.25. The maximum Gasteiger partial charge on any atom is 0.218 e. The molecule has 2 heterocycles. The first kappa shape index (κ1) is 18.8. The summed E-state index contributed by atoms with van der Waals surface area (Å²) in [6, 6.07) is 9.72. The monoisotopic (exact) mass is 577 g/mol. The normalized spacial score (nSPS) is 22.3. The topological polar surface area (TPSA) is 48.4 Å². The molecular weight excluding hydrogens is 554 g/mol. The molecule has 0 saturated heterocycles. The quantitative estimate of drug-likeness (QED) is 0.276. The zero-order valence-corrected chi connectivity index (χ0v) is 19.1. The Kier molecular flexibility index (Phi) is 3.93. The van der Waals surface area contributed by atoms with Crippen LogP contribution in [0.25, 0.3) is 21.7 Å². The molecule has 30 heavy (non-hydrogen) atoms. The van der Waals surface area contributed by atoms with Gasteiger partial charge in [-0.05, 0) is 47.7 Å². The summed E-state index contributed by atoms with van der Waals surface area (Å²) in [5.74, 6) is 1.90. The first-order valence-corrected chi connectivity index (χ1v) is 10.9. The Balaban J connectivity index is 0.00000175. The third kappa shape index (κ3) is 2.10. The van der Waals surface area contributed by atoms with Crippen molar-refractivity contribution in [1.82, 2.24) is 4.98 Å². The standard InChI is InChI=1S/C25H22NO3.Ir/c27-23-24(7-1-2-8-24)18-13-26-22-16(21(18)25(23)9-3-4-10-25)6-5-15-11-19-20(12-17(15)22)29-14-28-19;/h5-6,11,13H,1-4,7-10,14H2;/q-1;. The van der Waals surface area contributed by atoms with Crippen molar-refractivity contribution in [3.05, 3.63) is 41.6 Å². The number of fused-ring (bicyclic) bond motifs is 8. The van der Waals surface area contributed by atoms with Crippen molar-refractivity contribution in [2.75, 3.05) is 6.79 Å². The Bertz CT molecular complexity index is 1220. The molecule has 1 aromatic heterocycles. The molecular formula is C25H22IrNO3-. The number of pyridine rings is 1. The molecule has 1 aliphatic heterocycles. The summed E-state index contributed by atoms with van der Waals surface area (Å²) < 4.78 is 11.1. The van der Waals surface area contributed by atoms with Gasteiger partial charge in [0.25, 0.3) is 0 Å². The van der Waals surface area contributed by atoms with Gasteiger partial charge in [-0.1, -0.05) is 49.9 Å². The number of nitrogens with zero attached hydrogens (tertiary/aromatic N) is 1. The van der Waals surface area contributed by atoms with Crippen LogP contribution in [0.15, 0.2) is 24.4 Å². The van der Waals surface area contributed by atoms with Crippen molar-refractivity contribution < 1.29 is 34.4 Å². The van der Waals surface area contributed by atoms with Gasteiger partial charge in [0.05, 0.1) is 22.3 Å². The van der Waals surface area contributed by atoms with Gasteiger partial charge in [0.1, 0.15) is 0 Å². The fourth-order valence-corrected chi connectivity index (χ4v) is 6.78. The van der Waals surface area contributed by atoms with Crippen molar-refractivity contribution in [3.8, 4) is 11.5 Å². The molecule has 2 spiro atoms. The number of rotatable bonds is 0. The zero-order chi connectivity index (χ0) is 19.2. The Morgan fingerprint density at radius 3 is 2.47 bits per heavy atom. The van der Waals surface area contributed by atoms with Gasteiger partial charge in [0, 0.05) is 26.3 Å². The molecule has 2 aromatic carbocycles. The van der Waals surface area contributed by atoms with Gasteiger partial charge in [-0.25, -0.2) is 0 Å². The average molecular weight is 577 g/mol. The third-order valence-electron chi connectivity index (χ3n) is 8.02. The van der Waals surface area contributed by atoms with Crippen LogP contribution >= 0.6 is 0 Å². The summed E-state index contributed by atoms with van der Waals surface area (Å²) >= 11 is 0. The van der Waals surface area contributed by atoms with Gasteiger partial charge < -0.3 is 14.5 Å². The summed E-state index contributed by atoms with van der Waals surface area (Å²) in [4.78, 5) is 18.9. The largest absolute Gasteiger partial charge is 0.500 e. The van der Waals surface area contributed by atoms with Gasteiger partial charge in [-0.3, -0.25) is 4.79 Å². The molecule has 2 fully saturated rings. The van der Waals surface area contributed by atoms with Crippen LogP contribution in [0, 0.1) is 6.07 Å². The second kappa shape index (κ2) is 6.27. The Hall–Kier alpha value is -1.97. The van der Waals surface area contributed by atoms with Crippen molar-refractivity contribution in [2.45, 2.75) is 62.2 Å². The predicted molar refractivity (Wildman–Crippen MR) is 110 cm³/mol. The van der Waals surface area contributed by atoms with Gasteiger partial charge in [0.15, 0.2) is 5.78 Å². The number of hydrogen-bond acceptors (Lipinski definition) is 4. The number of benzene rings is 2. The minimum atomic E-state index is -0.301. The van der Waals surface area contributed by atoms with Gasteiger partial charge >= 0.3 is 0 Å². The minimum Gasteiger partial charge on any atom is -0.500 e. The predicted octanol–water partition coefficient (Wildman–Crippen LogP) is 5.12. The molecule has 4 nitrogen and oxygen atoms in total. The number of hydrogen-bond donors (Lipinski definition) is 0. The fourth-order valence-electron chi connectivity index (χ4n) is 6.78. The second-order valence-corrected chi connectivity index (χ2v) is 9.25. The van der Waals surface area contributed by atoms with Gasteiger partial charge in [-0.15, -0.1) is 10.8 Å². The smallest absolute Gasteiger partial charge is 0.218 e. The molecule has 0 unspecified atom stereocenters. The van der Waals surface area contributed by atoms with Crippen molar-refractivity contribution in [1.29, 1.82) is 0 Å². The van der Waals surface area contributed by atoms with Crippen molar-refractivity contribution in [2.24, 2.45) is 0 Å². The van der Waals surface area contributed by atoms with Gasteiger partial charge in [-0.2, -0.15) is 0 Å². The van der Waals surface area contributed by atoms with E-state index >= 15 is 0 Å². The number of ketones is 1. The van der Waals surface area contributed by atoms with E-state index in [9.17, 15) is 4.79 Å². The van der Waals surface area contributed by atoms with Crippen LogP contribution < -0.4 is 9.47 Å². The number of ether oxygens (including phenoxy) is 2. The van der Waals surface area contributed by atoms with E-state index in [-0.39, 0.29) is 37.7 Å². The third-order valence-corrected chi connectivity index (χ3v) is 8.02. The maximum atomic E-state index is 14.0. The molecule has 1 radical (unpaired) electrons. The Labute approximate surface area is 188 Å². The zero-order valence-electron chi connectivity index (χ0n) is 16.7. The van der Waals surface area contributed by atoms with Crippen molar-refractivity contribution >= 4 is 27.5 Å². The summed E-state index contributed by atoms with van der Waals surface area (Å²) in [5, 5.41) is 3.15. The molecule has 7 rings (SSSR count). The van der Waals surface area contributed by atoms with Crippen LogP contribution in [-0.4, -0.2) is 17.6 Å². The number of Topliss-reactive ketones (excluding diaryl/α,β-unsaturated/α-hetero) is 1. The van der Waals surface area contributed by atoms with E-state index in [0.29, 0.717) is 11.5 Å². The van der Waals surface area contributed by atoms with E-state index in [2.05, 4.69) is 18.2 Å². The molecule has 4 aliphatic rings. The van der Waals surface area contributed by atoms with E-state index in [1.807, 2.05) is 12.3 Å². The van der Waals surface area contributed by atoms with Crippen LogP contribution in [0.3, 0.4) is 0 Å². The van der Waals surface area contributed by atoms with Crippen LogP contribution in [0.4, 0.5) is 0 Å². The molecule has 0 bridgehead atoms. The number of carbonyl (C=O) groups excluding carboxylic acids is 1. The molecule has 5 heteroatoms. The van der Waals surface area contributed by atoms with Crippen LogP contribution in [0.1, 0.15) is 62.5 Å². The van der Waals surface area contributed by atoms with E-state index in [4.69, 9.17) is 14.5 Å². The molecule has 3 aliphatic carbocycles. The minimum absolute atomic E-state index is 0.